The number of carbonyl (C=O) groups is 1. The van der Waals surface area contributed by atoms with E-state index in [0.717, 1.165) is 32.4 Å². The maximum Gasteiger partial charge on any atom is 0.303 e. The van der Waals surface area contributed by atoms with E-state index >= 15 is 0 Å². The number of carboxylic acid groups (broad SMARTS) is 1. The van der Waals surface area contributed by atoms with E-state index in [9.17, 15) is 4.79 Å². The molecule has 150 valence electrons. The molecule has 0 amide bonds. The molecule has 3 atom stereocenters. The van der Waals surface area contributed by atoms with Gasteiger partial charge in [0.1, 0.15) is 0 Å². The number of likely N-dealkylation sites (tertiary alicyclic amines) is 1. The average Bonchev–Trinajstić information content (AvgIpc) is 2.70. The molecule has 1 heterocycles. The minimum atomic E-state index is -0.717. The third kappa shape index (κ3) is 6.47. The highest BCUT2D eigenvalue weighted by Crippen LogP contribution is 2.21. The molecule has 0 aromatic heterocycles. The Labute approximate surface area is 168 Å². The number of piperidine rings is 1. The summed E-state index contributed by atoms with van der Waals surface area (Å²) in [5.41, 5.74) is 2.63. The first-order valence-electron chi connectivity index (χ1n) is 10.4. The van der Waals surface area contributed by atoms with Crippen LogP contribution in [0.15, 0.2) is 60.7 Å². The fourth-order valence-corrected chi connectivity index (χ4v) is 4.20. The van der Waals surface area contributed by atoms with Crippen LogP contribution in [0.5, 0.6) is 0 Å². The summed E-state index contributed by atoms with van der Waals surface area (Å²) in [6, 6.07) is 22.2. The van der Waals surface area contributed by atoms with Crippen LogP contribution in [-0.2, 0) is 17.8 Å². The van der Waals surface area contributed by atoms with Crippen molar-refractivity contribution in [2.24, 2.45) is 0 Å². The van der Waals surface area contributed by atoms with Gasteiger partial charge in [-0.25, -0.2) is 0 Å². The van der Waals surface area contributed by atoms with Gasteiger partial charge < -0.3 is 10.4 Å². The minimum absolute atomic E-state index is 0.205. The Morgan fingerprint density at radius 3 is 2.36 bits per heavy atom. The second-order valence-corrected chi connectivity index (χ2v) is 8.01. The lowest BCUT2D eigenvalue weighted by Gasteiger charge is -2.39. The van der Waals surface area contributed by atoms with E-state index in [1.54, 1.807) is 0 Å². The normalized spacial score (nSPS) is 21.3. The molecule has 0 radical (unpaired) electrons. The van der Waals surface area contributed by atoms with Crippen molar-refractivity contribution >= 4 is 5.97 Å². The zero-order chi connectivity index (χ0) is 19.8. The van der Waals surface area contributed by atoms with Crippen LogP contribution >= 0.6 is 0 Å². The quantitative estimate of drug-likeness (QED) is 0.688. The number of rotatable bonds is 9. The van der Waals surface area contributed by atoms with Crippen LogP contribution in [0.4, 0.5) is 0 Å². The van der Waals surface area contributed by atoms with E-state index < -0.39 is 5.97 Å². The van der Waals surface area contributed by atoms with E-state index in [0.29, 0.717) is 18.5 Å². The number of nitrogens with zero attached hydrogens (tertiary/aromatic N) is 1. The maximum atomic E-state index is 11.1. The van der Waals surface area contributed by atoms with Crippen molar-refractivity contribution in [1.82, 2.24) is 10.2 Å². The molecule has 28 heavy (non-hydrogen) atoms. The van der Waals surface area contributed by atoms with E-state index in [-0.39, 0.29) is 12.5 Å². The number of hydrogen-bond donors (Lipinski definition) is 2. The van der Waals surface area contributed by atoms with Crippen molar-refractivity contribution in [3.63, 3.8) is 0 Å². The van der Waals surface area contributed by atoms with Crippen LogP contribution in [0, 0.1) is 0 Å². The Kier molecular flexibility index (Phi) is 7.63. The lowest BCUT2D eigenvalue weighted by atomic mass is 9.94. The number of aliphatic carboxylic acids is 1. The highest BCUT2D eigenvalue weighted by molar-refractivity contribution is 5.66. The van der Waals surface area contributed by atoms with Gasteiger partial charge in [-0.1, -0.05) is 60.7 Å². The molecule has 3 rings (SSSR count). The standard InChI is InChI=1S/C24H32N2O2/c1-19-16-23(14-15-26(19)18-21-10-6-3-7-11-21)25-22(12-13-24(27)28)17-20-8-4-2-5-9-20/h2-11,19,22-23,25H,12-18H2,1H3,(H,27,28). The van der Waals surface area contributed by atoms with Crippen molar-refractivity contribution in [1.29, 1.82) is 0 Å². The Morgan fingerprint density at radius 1 is 1.11 bits per heavy atom. The summed E-state index contributed by atoms with van der Waals surface area (Å²) in [7, 11) is 0. The topological polar surface area (TPSA) is 52.6 Å². The maximum absolute atomic E-state index is 11.1. The Hall–Kier alpha value is -2.17. The van der Waals surface area contributed by atoms with Crippen LogP contribution in [0.2, 0.25) is 0 Å². The van der Waals surface area contributed by atoms with Gasteiger partial charge in [-0.05, 0) is 43.7 Å². The third-order valence-electron chi connectivity index (χ3n) is 5.75. The highest BCUT2D eigenvalue weighted by Gasteiger charge is 2.27. The molecule has 1 saturated heterocycles. The van der Waals surface area contributed by atoms with Gasteiger partial charge >= 0.3 is 5.97 Å². The summed E-state index contributed by atoms with van der Waals surface area (Å²) in [5, 5.41) is 12.9. The number of hydrogen-bond acceptors (Lipinski definition) is 3. The molecule has 1 fully saturated rings. The monoisotopic (exact) mass is 380 g/mol. The van der Waals surface area contributed by atoms with Gasteiger partial charge in [0, 0.05) is 37.6 Å². The minimum Gasteiger partial charge on any atom is -0.481 e. The largest absolute Gasteiger partial charge is 0.481 e. The molecule has 1 aliphatic heterocycles. The number of nitrogens with one attached hydrogen (secondary N) is 1. The van der Waals surface area contributed by atoms with Crippen LogP contribution in [-0.4, -0.2) is 40.6 Å². The highest BCUT2D eigenvalue weighted by atomic mass is 16.4. The van der Waals surface area contributed by atoms with Gasteiger partial charge in [-0.2, -0.15) is 0 Å². The Morgan fingerprint density at radius 2 is 1.75 bits per heavy atom. The average molecular weight is 381 g/mol. The molecule has 2 N–H and O–H groups in total. The van der Waals surface area contributed by atoms with Crippen molar-refractivity contribution in [2.45, 2.75) is 63.7 Å². The van der Waals surface area contributed by atoms with E-state index in [2.05, 4.69) is 59.6 Å². The SMILES string of the molecule is CC1CC(NC(CCC(=O)O)Cc2ccccc2)CCN1Cc1ccccc1. The fraction of sp³-hybridized carbons (Fsp3) is 0.458. The van der Waals surface area contributed by atoms with Gasteiger partial charge in [-0.15, -0.1) is 0 Å². The molecular weight excluding hydrogens is 348 g/mol. The first-order valence-corrected chi connectivity index (χ1v) is 10.4. The fourth-order valence-electron chi connectivity index (χ4n) is 4.20. The van der Waals surface area contributed by atoms with Gasteiger partial charge in [0.05, 0.1) is 0 Å². The molecule has 0 spiro atoms. The van der Waals surface area contributed by atoms with Gasteiger partial charge in [0.15, 0.2) is 0 Å². The summed E-state index contributed by atoms with van der Waals surface area (Å²) >= 11 is 0. The Bertz CT molecular complexity index is 720. The first-order chi connectivity index (χ1) is 13.6. The third-order valence-corrected chi connectivity index (χ3v) is 5.75. The summed E-state index contributed by atoms with van der Waals surface area (Å²) in [6.07, 6.45) is 3.98. The number of benzene rings is 2. The summed E-state index contributed by atoms with van der Waals surface area (Å²) in [6.45, 7) is 4.38. The predicted octanol–water partition coefficient (Wildman–Crippen LogP) is 4.11. The van der Waals surface area contributed by atoms with Crippen molar-refractivity contribution in [3.8, 4) is 0 Å². The molecule has 0 aliphatic carbocycles. The lowest BCUT2D eigenvalue weighted by Crippen LogP contribution is -2.50. The van der Waals surface area contributed by atoms with Crippen molar-refractivity contribution in [3.05, 3.63) is 71.8 Å². The molecule has 4 nitrogen and oxygen atoms in total. The Balaban J connectivity index is 1.54. The zero-order valence-electron chi connectivity index (χ0n) is 16.8. The van der Waals surface area contributed by atoms with Gasteiger partial charge in [0.25, 0.3) is 0 Å². The second-order valence-electron chi connectivity index (χ2n) is 8.01. The van der Waals surface area contributed by atoms with Crippen LogP contribution < -0.4 is 5.32 Å². The smallest absolute Gasteiger partial charge is 0.303 e. The van der Waals surface area contributed by atoms with Crippen molar-refractivity contribution < 1.29 is 9.90 Å². The van der Waals surface area contributed by atoms with Crippen LogP contribution in [0.25, 0.3) is 0 Å². The summed E-state index contributed by atoms with van der Waals surface area (Å²) in [5.74, 6) is -0.717. The molecular formula is C24H32N2O2. The van der Waals surface area contributed by atoms with Crippen molar-refractivity contribution in [2.75, 3.05) is 6.54 Å². The van der Waals surface area contributed by atoms with Crippen LogP contribution in [0.3, 0.4) is 0 Å². The molecule has 4 heteroatoms. The van der Waals surface area contributed by atoms with E-state index in [1.807, 2.05) is 18.2 Å². The van der Waals surface area contributed by atoms with E-state index in [1.165, 1.54) is 11.1 Å². The summed E-state index contributed by atoms with van der Waals surface area (Å²) in [4.78, 5) is 13.6. The lowest BCUT2D eigenvalue weighted by molar-refractivity contribution is -0.137. The zero-order valence-corrected chi connectivity index (χ0v) is 16.8. The number of carboxylic acids is 1. The van der Waals surface area contributed by atoms with Gasteiger partial charge in [-0.3, -0.25) is 9.69 Å². The first kappa shape index (κ1) is 20.6. The van der Waals surface area contributed by atoms with Crippen LogP contribution in [0.1, 0.15) is 43.7 Å². The van der Waals surface area contributed by atoms with E-state index in [4.69, 9.17) is 5.11 Å². The predicted molar refractivity (Wildman–Crippen MR) is 113 cm³/mol. The molecule has 0 bridgehead atoms. The molecule has 2 aromatic carbocycles. The molecule has 3 unspecified atom stereocenters. The second kappa shape index (κ2) is 10.4. The summed E-state index contributed by atoms with van der Waals surface area (Å²) < 4.78 is 0. The molecule has 1 aliphatic rings. The van der Waals surface area contributed by atoms with Gasteiger partial charge in [0.2, 0.25) is 0 Å². The molecule has 0 saturated carbocycles. The molecule has 2 aromatic rings.